The standard InChI is InChI=1S/C55H88O5/c1-4-7-10-13-16-19-22-24-26-27-28-29-30-31-34-36-39-42-45-48-54(56)59-52-53(60-55(57)49-46-43-40-37-33-21-18-15-12-9-6-3)51-58-50-47-44-41-38-35-32-25-23-20-17-14-11-8-5-2/h7-8,10-11,15-20,24-26,28-29,31-32,34,38,41,53H,4-6,9,12-14,21-23,27,30,33,35-37,39-40,42-52H2,1-3H3/b10-7-,11-8-,18-15-,19-16-,20-17-,26-24-,29-28-,32-25-,34-31-,41-38-. The van der Waals surface area contributed by atoms with Crippen LogP contribution in [0, 0.1) is 0 Å². The quantitative estimate of drug-likeness (QED) is 0.0348. The molecule has 338 valence electrons. The second kappa shape index (κ2) is 49.7. The molecule has 0 radical (unpaired) electrons. The first-order valence-electron chi connectivity index (χ1n) is 24.1. The van der Waals surface area contributed by atoms with E-state index in [1.807, 2.05) is 0 Å². The van der Waals surface area contributed by atoms with E-state index in [4.69, 9.17) is 14.2 Å². The van der Waals surface area contributed by atoms with Crippen LogP contribution in [0.5, 0.6) is 0 Å². The predicted molar refractivity (Wildman–Crippen MR) is 260 cm³/mol. The van der Waals surface area contributed by atoms with Crippen molar-refractivity contribution in [1.29, 1.82) is 0 Å². The van der Waals surface area contributed by atoms with E-state index in [0.29, 0.717) is 19.4 Å². The van der Waals surface area contributed by atoms with Gasteiger partial charge in [0, 0.05) is 19.4 Å². The number of carbonyl (C=O) groups excluding carboxylic acids is 2. The zero-order valence-corrected chi connectivity index (χ0v) is 38.7. The highest BCUT2D eigenvalue weighted by atomic mass is 16.6. The SMILES string of the molecule is CC/C=C\C/C=C\C/C=C\C/C=C\C/C=C\CCCCCC(=O)OCC(COCCC/C=C\C/C=C\C/C=C\C/C=C\CC)OC(=O)CCCCCCC/C=C\CCCC. The third-order valence-electron chi connectivity index (χ3n) is 9.46. The Bertz CT molecular complexity index is 1260. The summed E-state index contributed by atoms with van der Waals surface area (Å²) in [5.74, 6) is -0.487. The summed E-state index contributed by atoms with van der Waals surface area (Å²) in [4.78, 5) is 25.3. The molecule has 0 amide bonds. The van der Waals surface area contributed by atoms with Gasteiger partial charge in [0.1, 0.15) is 6.61 Å². The average Bonchev–Trinajstić information content (AvgIpc) is 3.25. The molecule has 5 nitrogen and oxygen atoms in total. The molecule has 0 aromatic carbocycles. The van der Waals surface area contributed by atoms with Gasteiger partial charge in [-0.25, -0.2) is 0 Å². The van der Waals surface area contributed by atoms with Crippen LogP contribution in [0.1, 0.15) is 188 Å². The smallest absolute Gasteiger partial charge is 0.306 e. The van der Waals surface area contributed by atoms with Crippen LogP contribution in [0.2, 0.25) is 0 Å². The van der Waals surface area contributed by atoms with Gasteiger partial charge >= 0.3 is 11.9 Å². The molecule has 0 saturated carbocycles. The van der Waals surface area contributed by atoms with Gasteiger partial charge in [0.05, 0.1) is 6.61 Å². The van der Waals surface area contributed by atoms with Crippen molar-refractivity contribution < 1.29 is 23.8 Å². The summed E-state index contributed by atoms with van der Waals surface area (Å²) in [6, 6.07) is 0. The fraction of sp³-hybridized carbons (Fsp3) is 0.600. The molecule has 0 fully saturated rings. The van der Waals surface area contributed by atoms with Crippen molar-refractivity contribution in [3.63, 3.8) is 0 Å². The normalized spacial score (nSPS) is 13.3. The number of allylic oxidation sites excluding steroid dienone is 20. The van der Waals surface area contributed by atoms with Gasteiger partial charge in [0.15, 0.2) is 6.10 Å². The highest BCUT2D eigenvalue weighted by Gasteiger charge is 2.17. The summed E-state index contributed by atoms with van der Waals surface area (Å²) in [6.07, 6.45) is 69.3. The molecule has 1 unspecified atom stereocenters. The lowest BCUT2D eigenvalue weighted by Crippen LogP contribution is -2.30. The zero-order chi connectivity index (χ0) is 43.5. The van der Waals surface area contributed by atoms with E-state index in [-0.39, 0.29) is 25.2 Å². The van der Waals surface area contributed by atoms with Crippen LogP contribution in [0.25, 0.3) is 0 Å². The Kier molecular flexibility index (Phi) is 46.6. The predicted octanol–water partition coefficient (Wildman–Crippen LogP) is 16.2. The molecule has 0 aliphatic carbocycles. The Hall–Kier alpha value is -3.70. The molecule has 0 N–H and O–H groups in total. The van der Waals surface area contributed by atoms with Crippen LogP contribution in [0.3, 0.4) is 0 Å². The molecule has 0 spiro atoms. The minimum absolute atomic E-state index is 0.0350. The van der Waals surface area contributed by atoms with Crippen molar-refractivity contribution in [3.8, 4) is 0 Å². The van der Waals surface area contributed by atoms with Crippen LogP contribution >= 0.6 is 0 Å². The van der Waals surface area contributed by atoms with Crippen LogP contribution in [-0.2, 0) is 23.8 Å². The van der Waals surface area contributed by atoms with Gasteiger partial charge in [-0.15, -0.1) is 0 Å². The summed E-state index contributed by atoms with van der Waals surface area (Å²) in [7, 11) is 0. The molecule has 1 atom stereocenters. The van der Waals surface area contributed by atoms with Gasteiger partial charge in [0.25, 0.3) is 0 Å². The molecule has 0 aromatic heterocycles. The molecule has 0 aromatic rings. The van der Waals surface area contributed by atoms with Crippen molar-refractivity contribution in [2.75, 3.05) is 19.8 Å². The van der Waals surface area contributed by atoms with E-state index >= 15 is 0 Å². The minimum Gasteiger partial charge on any atom is -0.462 e. The summed E-state index contributed by atoms with van der Waals surface area (Å²) in [6.45, 7) is 7.35. The van der Waals surface area contributed by atoms with Gasteiger partial charge in [-0.1, -0.05) is 181 Å². The molecule has 0 aliphatic heterocycles. The summed E-state index contributed by atoms with van der Waals surface area (Å²) in [5, 5.41) is 0. The molecule has 0 rings (SSSR count). The van der Waals surface area contributed by atoms with Gasteiger partial charge in [-0.05, 0) is 116 Å². The molecule has 0 aliphatic rings. The van der Waals surface area contributed by atoms with Crippen LogP contribution in [0.4, 0.5) is 0 Å². The van der Waals surface area contributed by atoms with Gasteiger partial charge < -0.3 is 14.2 Å². The summed E-state index contributed by atoms with van der Waals surface area (Å²) < 4.78 is 17.2. The topological polar surface area (TPSA) is 61.8 Å². The Morgan fingerprint density at radius 1 is 0.383 bits per heavy atom. The first-order chi connectivity index (χ1) is 29.6. The van der Waals surface area contributed by atoms with E-state index in [1.54, 1.807) is 0 Å². The number of esters is 2. The van der Waals surface area contributed by atoms with Crippen LogP contribution < -0.4 is 0 Å². The summed E-state index contributed by atoms with van der Waals surface area (Å²) >= 11 is 0. The number of rotatable bonds is 42. The fourth-order valence-electron chi connectivity index (χ4n) is 5.93. The Morgan fingerprint density at radius 3 is 1.23 bits per heavy atom. The second-order valence-corrected chi connectivity index (χ2v) is 15.2. The Morgan fingerprint density at radius 2 is 0.750 bits per heavy atom. The molecule has 0 saturated heterocycles. The molecule has 0 heterocycles. The molecule has 5 heteroatoms. The fourth-order valence-corrected chi connectivity index (χ4v) is 5.93. The lowest BCUT2D eigenvalue weighted by molar-refractivity contribution is -0.163. The Balaban J connectivity index is 4.41. The maximum absolute atomic E-state index is 12.7. The molecule has 0 bridgehead atoms. The second-order valence-electron chi connectivity index (χ2n) is 15.2. The Labute approximate surface area is 369 Å². The molecular weight excluding hydrogens is 741 g/mol. The highest BCUT2D eigenvalue weighted by Crippen LogP contribution is 2.11. The van der Waals surface area contributed by atoms with Crippen LogP contribution in [0.15, 0.2) is 122 Å². The van der Waals surface area contributed by atoms with Crippen molar-refractivity contribution >= 4 is 11.9 Å². The van der Waals surface area contributed by atoms with Gasteiger partial charge in [0.2, 0.25) is 0 Å². The van der Waals surface area contributed by atoms with Crippen molar-refractivity contribution in [2.45, 2.75) is 194 Å². The molecular formula is C55H88O5. The largest absolute Gasteiger partial charge is 0.462 e. The number of carbonyl (C=O) groups is 2. The van der Waals surface area contributed by atoms with Crippen molar-refractivity contribution in [2.24, 2.45) is 0 Å². The first kappa shape index (κ1) is 56.3. The van der Waals surface area contributed by atoms with E-state index in [9.17, 15) is 9.59 Å². The van der Waals surface area contributed by atoms with E-state index in [0.717, 1.165) is 122 Å². The third kappa shape index (κ3) is 47.0. The lowest BCUT2D eigenvalue weighted by atomic mass is 10.1. The number of unbranched alkanes of at least 4 members (excludes halogenated alkanes) is 11. The maximum Gasteiger partial charge on any atom is 0.306 e. The molecule has 60 heavy (non-hydrogen) atoms. The van der Waals surface area contributed by atoms with E-state index < -0.39 is 6.10 Å². The van der Waals surface area contributed by atoms with Gasteiger partial charge in [-0.3, -0.25) is 9.59 Å². The van der Waals surface area contributed by atoms with E-state index in [1.165, 1.54) is 32.1 Å². The van der Waals surface area contributed by atoms with E-state index in [2.05, 4.69) is 142 Å². The number of hydrogen-bond donors (Lipinski definition) is 0. The van der Waals surface area contributed by atoms with Gasteiger partial charge in [-0.2, -0.15) is 0 Å². The first-order valence-corrected chi connectivity index (χ1v) is 24.1. The highest BCUT2D eigenvalue weighted by molar-refractivity contribution is 5.70. The van der Waals surface area contributed by atoms with Crippen LogP contribution in [-0.4, -0.2) is 37.9 Å². The number of ether oxygens (including phenoxy) is 3. The van der Waals surface area contributed by atoms with Crippen molar-refractivity contribution in [1.82, 2.24) is 0 Å². The summed E-state index contributed by atoms with van der Waals surface area (Å²) in [5.41, 5.74) is 0. The minimum atomic E-state index is -0.589. The third-order valence-corrected chi connectivity index (χ3v) is 9.46. The average molecular weight is 829 g/mol. The number of hydrogen-bond acceptors (Lipinski definition) is 5. The monoisotopic (exact) mass is 829 g/mol. The zero-order valence-electron chi connectivity index (χ0n) is 38.7. The lowest BCUT2D eigenvalue weighted by Gasteiger charge is -2.18. The maximum atomic E-state index is 12.7. The van der Waals surface area contributed by atoms with Crippen molar-refractivity contribution in [3.05, 3.63) is 122 Å².